The van der Waals surface area contributed by atoms with Gasteiger partial charge in [-0.05, 0) is 36.4 Å². The van der Waals surface area contributed by atoms with Gasteiger partial charge in [-0.15, -0.1) is 15.3 Å². The Hall–Kier alpha value is -2.03. The molecule has 0 aliphatic carbocycles. The molecule has 0 aromatic carbocycles. The zero-order valence-electron chi connectivity index (χ0n) is 13.2. The molecule has 1 saturated heterocycles. The standard InChI is InChI=1S/C16H19N5O2S/c1(7-23-13-4-8-22-10-13)6-17-14-2-3-15-18-19-16(21(15)20-14)12-5-9-24-11-12/h2-3,5,9,11,13H,1,4,6-8,10H2,(H,17,20). The lowest BCUT2D eigenvalue weighted by atomic mass is 10.3. The van der Waals surface area contributed by atoms with Gasteiger partial charge in [-0.3, -0.25) is 0 Å². The van der Waals surface area contributed by atoms with Crippen molar-refractivity contribution >= 4 is 22.8 Å². The first kappa shape index (κ1) is 15.5. The van der Waals surface area contributed by atoms with E-state index in [2.05, 4.69) is 20.6 Å². The Morgan fingerprint density at radius 1 is 1.33 bits per heavy atom. The molecule has 1 atom stereocenters. The quantitative estimate of drug-likeness (QED) is 0.663. The fraction of sp³-hybridized carbons (Fsp3) is 0.438. The molecule has 7 nitrogen and oxygen atoms in total. The number of fused-ring (bicyclic) bond motifs is 1. The maximum atomic E-state index is 5.76. The third kappa shape index (κ3) is 3.40. The molecule has 1 fully saturated rings. The van der Waals surface area contributed by atoms with Crippen LogP contribution < -0.4 is 5.32 Å². The summed E-state index contributed by atoms with van der Waals surface area (Å²) in [5.74, 6) is 1.57. The molecule has 1 N–H and O–H groups in total. The van der Waals surface area contributed by atoms with Crippen LogP contribution in [0.4, 0.5) is 5.82 Å². The summed E-state index contributed by atoms with van der Waals surface area (Å²) in [5.41, 5.74) is 1.77. The molecular weight excluding hydrogens is 326 g/mol. The molecule has 1 aliphatic rings. The Bertz CT molecular complexity index is 783. The van der Waals surface area contributed by atoms with Crippen LogP contribution in [0.15, 0.2) is 29.0 Å². The van der Waals surface area contributed by atoms with Gasteiger partial charge in [-0.1, -0.05) is 0 Å². The molecule has 0 spiro atoms. The molecule has 0 saturated carbocycles. The van der Waals surface area contributed by atoms with Gasteiger partial charge in [0.2, 0.25) is 0 Å². The van der Waals surface area contributed by atoms with E-state index in [9.17, 15) is 0 Å². The summed E-state index contributed by atoms with van der Waals surface area (Å²) in [7, 11) is 0. The van der Waals surface area contributed by atoms with Crippen molar-refractivity contribution in [2.45, 2.75) is 18.9 Å². The van der Waals surface area contributed by atoms with Crippen molar-refractivity contribution < 1.29 is 9.47 Å². The molecule has 0 radical (unpaired) electrons. The molecule has 8 heteroatoms. The summed E-state index contributed by atoms with van der Waals surface area (Å²) in [6.45, 7) is 3.08. The van der Waals surface area contributed by atoms with Crippen molar-refractivity contribution in [3.63, 3.8) is 0 Å². The van der Waals surface area contributed by atoms with Crippen molar-refractivity contribution in [1.82, 2.24) is 19.8 Å². The number of hydrogen-bond acceptors (Lipinski definition) is 7. The van der Waals surface area contributed by atoms with E-state index in [1.165, 1.54) is 0 Å². The largest absolute Gasteiger partial charge is 0.379 e. The SMILES string of the molecule is c1cc(-c2nnc3ccc(NCCCOC4CCOC4)nn23)cs1. The van der Waals surface area contributed by atoms with Crippen LogP contribution in [-0.4, -0.2) is 52.3 Å². The van der Waals surface area contributed by atoms with Gasteiger partial charge in [0.15, 0.2) is 11.5 Å². The molecule has 24 heavy (non-hydrogen) atoms. The number of hydrogen-bond donors (Lipinski definition) is 1. The maximum Gasteiger partial charge on any atom is 0.186 e. The van der Waals surface area contributed by atoms with Gasteiger partial charge in [0.1, 0.15) is 5.82 Å². The van der Waals surface area contributed by atoms with E-state index in [4.69, 9.17) is 9.47 Å². The number of nitrogens with zero attached hydrogens (tertiary/aromatic N) is 4. The topological polar surface area (TPSA) is 73.6 Å². The minimum Gasteiger partial charge on any atom is -0.379 e. The van der Waals surface area contributed by atoms with Crippen LogP contribution in [0.25, 0.3) is 17.0 Å². The molecule has 1 unspecified atom stereocenters. The number of ether oxygens (including phenoxy) is 2. The lowest BCUT2D eigenvalue weighted by molar-refractivity contribution is 0.0427. The maximum absolute atomic E-state index is 5.76. The van der Waals surface area contributed by atoms with Gasteiger partial charge in [-0.25, -0.2) is 0 Å². The highest BCUT2D eigenvalue weighted by Crippen LogP contribution is 2.20. The fourth-order valence-corrected chi connectivity index (χ4v) is 3.27. The van der Waals surface area contributed by atoms with Crippen molar-refractivity contribution in [3.8, 4) is 11.4 Å². The Morgan fingerprint density at radius 3 is 3.17 bits per heavy atom. The minimum atomic E-state index is 0.268. The van der Waals surface area contributed by atoms with Gasteiger partial charge in [-0.2, -0.15) is 15.9 Å². The highest BCUT2D eigenvalue weighted by Gasteiger charge is 2.15. The van der Waals surface area contributed by atoms with Crippen LogP contribution in [0.5, 0.6) is 0 Å². The first-order valence-corrected chi connectivity index (χ1v) is 9.03. The van der Waals surface area contributed by atoms with Gasteiger partial charge < -0.3 is 14.8 Å². The number of nitrogens with one attached hydrogen (secondary N) is 1. The summed E-state index contributed by atoms with van der Waals surface area (Å²) in [6, 6.07) is 5.87. The van der Waals surface area contributed by atoms with Crippen LogP contribution in [0.2, 0.25) is 0 Å². The summed E-state index contributed by atoms with van der Waals surface area (Å²) >= 11 is 1.63. The number of aromatic nitrogens is 4. The van der Waals surface area contributed by atoms with E-state index in [0.29, 0.717) is 0 Å². The first-order chi connectivity index (χ1) is 11.9. The predicted octanol–water partition coefficient (Wildman–Crippen LogP) is 2.46. The van der Waals surface area contributed by atoms with Crippen molar-refractivity contribution in [2.24, 2.45) is 0 Å². The normalized spacial score (nSPS) is 17.6. The zero-order chi connectivity index (χ0) is 16.2. The molecule has 0 bridgehead atoms. The summed E-state index contributed by atoms with van der Waals surface area (Å²) in [5, 5.41) is 20.4. The van der Waals surface area contributed by atoms with Crippen molar-refractivity contribution in [1.29, 1.82) is 0 Å². The average Bonchev–Trinajstić information content (AvgIpc) is 3.35. The molecule has 3 aromatic rings. The van der Waals surface area contributed by atoms with Crippen LogP contribution in [0.3, 0.4) is 0 Å². The first-order valence-electron chi connectivity index (χ1n) is 8.08. The summed E-state index contributed by atoms with van der Waals surface area (Å²) < 4.78 is 12.8. The monoisotopic (exact) mass is 345 g/mol. The molecule has 3 aromatic heterocycles. The Morgan fingerprint density at radius 2 is 2.33 bits per heavy atom. The van der Waals surface area contributed by atoms with E-state index < -0.39 is 0 Å². The van der Waals surface area contributed by atoms with Gasteiger partial charge >= 0.3 is 0 Å². The van der Waals surface area contributed by atoms with Gasteiger partial charge in [0, 0.05) is 30.7 Å². The third-order valence-corrected chi connectivity index (χ3v) is 4.59. The van der Waals surface area contributed by atoms with Crippen LogP contribution >= 0.6 is 11.3 Å². The van der Waals surface area contributed by atoms with Crippen LogP contribution in [0, 0.1) is 0 Å². The van der Waals surface area contributed by atoms with Crippen LogP contribution in [0.1, 0.15) is 12.8 Å². The van der Waals surface area contributed by atoms with E-state index >= 15 is 0 Å². The number of anilines is 1. The highest BCUT2D eigenvalue weighted by molar-refractivity contribution is 7.08. The van der Waals surface area contributed by atoms with Crippen molar-refractivity contribution in [3.05, 3.63) is 29.0 Å². The Kier molecular flexibility index (Phi) is 4.68. The second kappa shape index (κ2) is 7.25. The van der Waals surface area contributed by atoms with E-state index in [0.717, 1.165) is 62.1 Å². The highest BCUT2D eigenvalue weighted by atomic mass is 32.1. The van der Waals surface area contributed by atoms with E-state index in [1.54, 1.807) is 15.9 Å². The lowest BCUT2D eigenvalue weighted by Gasteiger charge is -2.10. The van der Waals surface area contributed by atoms with Crippen molar-refractivity contribution in [2.75, 3.05) is 31.7 Å². The molecule has 1 aliphatic heterocycles. The average molecular weight is 345 g/mol. The summed E-state index contributed by atoms with van der Waals surface area (Å²) in [6.07, 6.45) is 2.20. The summed E-state index contributed by atoms with van der Waals surface area (Å²) in [4.78, 5) is 0. The second-order valence-corrected chi connectivity index (χ2v) is 6.44. The van der Waals surface area contributed by atoms with E-state index in [1.807, 2.05) is 29.0 Å². The third-order valence-electron chi connectivity index (χ3n) is 3.91. The molecule has 126 valence electrons. The van der Waals surface area contributed by atoms with Crippen LogP contribution in [-0.2, 0) is 9.47 Å². The van der Waals surface area contributed by atoms with Gasteiger partial charge in [0.05, 0.1) is 12.7 Å². The molecule has 0 amide bonds. The molecule has 4 heterocycles. The fourth-order valence-electron chi connectivity index (χ4n) is 2.64. The predicted molar refractivity (Wildman–Crippen MR) is 92.4 cm³/mol. The molecular formula is C16H19N5O2S. The Labute approximate surface area is 143 Å². The lowest BCUT2D eigenvalue weighted by Crippen LogP contribution is -2.15. The number of thiophene rings is 1. The zero-order valence-corrected chi connectivity index (χ0v) is 14.0. The van der Waals surface area contributed by atoms with Gasteiger partial charge in [0.25, 0.3) is 0 Å². The Balaban J connectivity index is 1.35. The second-order valence-electron chi connectivity index (χ2n) is 5.66. The number of rotatable bonds is 7. The van der Waals surface area contributed by atoms with E-state index in [-0.39, 0.29) is 6.10 Å². The smallest absolute Gasteiger partial charge is 0.186 e. The molecule has 4 rings (SSSR count). The minimum absolute atomic E-state index is 0.268.